The average Bonchev–Trinajstić information content (AvgIpc) is 0.860. The lowest BCUT2D eigenvalue weighted by Crippen LogP contribution is -2.57. The van der Waals surface area contributed by atoms with Gasteiger partial charge in [-0.2, -0.15) is 0 Å². The Balaban J connectivity index is 0.000000394. The molecule has 0 saturated heterocycles. The van der Waals surface area contributed by atoms with Crippen molar-refractivity contribution in [3.8, 4) is 11.5 Å². The molecule has 11 N–H and O–H groups in total. The predicted molar refractivity (Wildman–Crippen MR) is 410 cm³/mol. The molecule has 28 nitrogen and oxygen atoms in total. The van der Waals surface area contributed by atoms with E-state index in [9.17, 15) is 67.4 Å². The quantitative estimate of drug-likeness (QED) is 0.0177. The smallest absolute Gasteiger partial charge is 0.333 e. The van der Waals surface area contributed by atoms with Gasteiger partial charge in [0.2, 0.25) is 53.0 Å². The third-order valence-electron chi connectivity index (χ3n) is 16.4. The van der Waals surface area contributed by atoms with Crippen LogP contribution in [0, 0.1) is 0 Å². The third-order valence-corrected chi connectivity index (χ3v) is 16.4. The van der Waals surface area contributed by atoms with Crippen LogP contribution in [0.25, 0.3) is 0 Å². The molecule has 0 aliphatic heterocycles. The Bertz CT molecular complexity index is 3990. The topological polar surface area (TPSA) is 399 Å². The minimum atomic E-state index is -1.76. The number of nitrogens with one attached hydrogen (secondary N) is 10. The first-order valence-electron chi connectivity index (χ1n) is 36.4. The van der Waals surface area contributed by atoms with Crippen LogP contribution < -0.4 is 62.6 Å². The molecule has 0 bridgehead atoms. The molecule has 0 heterocycles. The number of aryl methyl sites for hydroxylation is 2. The Morgan fingerprint density at radius 1 is 0.373 bits per heavy atom. The zero-order chi connectivity index (χ0) is 80.8. The number of ether oxygens (including phenoxy) is 4. The summed E-state index contributed by atoms with van der Waals surface area (Å²) in [7, 11) is 3.13. The van der Waals surface area contributed by atoms with Crippen molar-refractivity contribution in [2.45, 2.75) is 173 Å². The van der Waals surface area contributed by atoms with Gasteiger partial charge in [0.25, 0.3) is 11.8 Å². The van der Waals surface area contributed by atoms with E-state index in [0.717, 1.165) is 16.7 Å². The lowest BCUT2D eigenvalue weighted by atomic mass is 10.0. The summed E-state index contributed by atoms with van der Waals surface area (Å²) in [5, 5.41) is 36.5. The molecule has 7 atom stereocenters. The summed E-state index contributed by atoms with van der Waals surface area (Å²) in [5.74, 6) is -7.82. The zero-order valence-corrected chi connectivity index (χ0v) is 64.0. The summed E-state index contributed by atoms with van der Waals surface area (Å²) in [6.07, 6.45) is 0.741. The Labute approximate surface area is 641 Å². The fourth-order valence-corrected chi connectivity index (χ4v) is 10.8. The van der Waals surface area contributed by atoms with Crippen molar-refractivity contribution in [3.05, 3.63) is 203 Å². The fourth-order valence-electron chi connectivity index (χ4n) is 10.8. The molecule has 28 heteroatoms. The van der Waals surface area contributed by atoms with Gasteiger partial charge in [0, 0.05) is 25.7 Å². The SMILES string of the molecule is CCCC(NC(=O)C(Cc1ccccc1)NC(=O)CNC(=O)CCc1ccc(OC)cc1)C(=O)C(=O)NCC(=O)NC(C(=O)OC(C)(C)C)c1ccccc1.CCCC(NC(=O)C(Cc1ccccc1)NC(=O)CNC(=O)CCc1ccc(OC)cc1)C(O)C(=O)NCC(=O)NC(C(=O)OC(C)(C)C)c1ccccc1. The molecule has 10 amide bonds. The summed E-state index contributed by atoms with van der Waals surface area (Å²) < 4.78 is 21.2. The van der Waals surface area contributed by atoms with E-state index in [-0.39, 0.29) is 63.4 Å². The van der Waals surface area contributed by atoms with Gasteiger partial charge in [-0.3, -0.25) is 52.7 Å². The van der Waals surface area contributed by atoms with Crippen molar-refractivity contribution in [2.24, 2.45) is 0 Å². The standard InChI is InChI=1S/C41H53N5O9.C41H51N5O9/c2*1-6-13-31(37(50)39(52)43-26-35(49)46-36(29-16-11-8-12-17-29)40(53)55-41(2,3)4)45-38(51)32(24-28-14-9-7-10-15-28)44-34(48)25-42-33(47)23-20-27-18-21-30(54-5)22-19-27/h7-12,14-19,21-22,31-32,36-37,50H,6,13,20,23-26H2,1-5H3,(H,42,47)(H,43,52)(H,44,48)(H,45,51)(H,46,49);7-12,14-19,21-22,31-32,36H,6,13,20,23-26H2,1-5H3,(H,42,47)(H,43,52)(H,44,48)(H,45,51)(H,46,49). The number of carbonyl (C=O) groups is 13. The first kappa shape index (κ1) is 88.8. The highest BCUT2D eigenvalue weighted by atomic mass is 16.6. The van der Waals surface area contributed by atoms with E-state index in [1.54, 1.807) is 209 Å². The molecule has 0 aromatic heterocycles. The fraction of sp³-hybridized carbons (Fsp3) is 0.402. The van der Waals surface area contributed by atoms with Crippen molar-refractivity contribution in [3.63, 3.8) is 0 Å². The van der Waals surface area contributed by atoms with Crippen molar-refractivity contribution in [2.75, 3.05) is 40.4 Å². The van der Waals surface area contributed by atoms with Crippen LogP contribution in [0.2, 0.25) is 0 Å². The molecule has 6 rings (SSSR count). The van der Waals surface area contributed by atoms with Crippen LogP contribution in [0.4, 0.5) is 0 Å². The van der Waals surface area contributed by atoms with Crippen molar-refractivity contribution < 1.29 is 86.4 Å². The minimum Gasteiger partial charge on any atom is -0.497 e. The largest absolute Gasteiger partial charge is 0.497 e. The third kappa shape index (κ3) is 33.1. The van der Waals surface area contributed by atoms with Crippen molar-refractivity contribution in [1.29, 1.82) is 0 Å². The number of hydrogen-bond donors (Lipinski definition) is 11. The molecule has 0 spiro atoms. The normalized spacial score (nSPS) is 12.9. The maximum atomic E-state index is 13.7. The highest BCUT2D eigenvalue weighted by Gasteiger charge is 2.35. The second-order valence-corrected chi connectivity index (χ2v) is 27.7. The van der Waals surface area contributed by atoms with Gasteiger partial charge < -0.3 is 77.2 Å². The van der Waals surface area contributed by atoms with E-state index in [1.807, 2.05) is 30.3 Å². The number of carbonyl (C=O) groups excluding carboxylic acids is 13. The average molecular weight is 1520 g/mol. The van der Waals surface area contributed by atoms with Crippen LogP contribution in [-0.2, 0) is 97.5 Å². The number of amides is 10. The Morgan fingerprint density at radius 2 is 0.727 bits per heavy atom. The van der Waals surface area contributed by atoms with E-state index in [2.05, 4.69) is 53.2 Å². The Morgan fingerprint density at radius 3 is 1.10 bits per heavy atom. The molecule has 590 valence electrons. The zero-order valence-electron chi connectivity index (χ0n) is 64.0. The van der Waals surface area contributed by atoms with Gasteiger partial charge in [0.15, 0.2) is 18.2 Å². The highest BCUT2D eigenvalue weighted by molar-refractivity contribution is 6.38. The molecule has 0 radical (unpaired) electrons. The first-order chi connectivity index (χ1) is 52.4. The molecule has 110 heavy (non-hydrogen) atoms. The van der Waals surface area contributed by atoms with E-state index >= 15 is 0 Å². The van der Waals surface area contributed by atoms with Gasteiger partial charge in [-0.1, -0.05) is 172 Å². The first-order valence-corrected chi connectivity index (χ1v) is 36.4. The van der Waals surface area contributed by atoms with Crippen LogP contribution >= 0.6 is 0 Å². The van der Waals surface area contributed by atoms with Gasteiger partial charge >= 0.3 is 11.9 Å². The molecule has 6 aromatic carbocycles. The number of methoxy groups -OCH3 is 2. The van der Waals surface area contributed by atoms with Crippen LogP contribution in [0.5, 0.6) is 11.5 Å². The number of benzene rings is 6. The number of aliphatic hydroxyl groups is 1. The predicted octanol–water partition coefficient (Wildman–Crippen LogP) is 5.07. The van der Waals surface area contributed by atoms with E-state index in [1.165, 1.54) is 0 Å². The van der Waals surface area contributed by atoms with Gasteiger partial charge in [0.05, 0.1) is 52.5 Å². The lowest BCUT2D eigenvalue weighted by Gasteiger charge is -2.27. The molecule has 0 aliphatic carbocycles. The molecular formula is C82H104N10O18. The summed E-state index contributed by atoms with van der Waals surface area (Å²) >= 11 is 0. The van der Waals surface area contributed by atoms with Gasteiger partial charge in [-0.25, -0.2) is 9.59 Å². The minimum absolute atomic E-state index is 0.0590. The maximum Gasteiger partial charge on any atom is 0.333 e. The monoisotopic (exact) mass is 1520 g/mol. The van der Waals surface area contributed by atoms with E-state index in [4.69, 9.17) is 18.9 Å². The molecule has 6 aromatic rings. The van der Waals surface area contributed by atoms with Crippen LogP contribution in [0.3, 0.4) is 0 Å². The number of Topliss-reactive ketones (excluding diaryl/α,β-unsaturated/α-hetero) is 1. The van der Waals surface area contributed by atoms with Crippen molar-refractivity contribution in [1.82, 2.24) is 53.2 Å². The molecule has 0 aliphatic rings. The maximum absolute atomic E-state index is 13.7. The van der Waals surface area contributed by atoms with E-state index in [0.29, 0.717) is 53.9 Å². The van der Waals surface area contributed by atoms with Gasteiger partial charge in [-0.15, -0.1) is 0 Å². The van der Waals surface area contributed by atoms with Gasteiger partial charge in [0.1, 0.15) is 34.8 Å². The van der Waals surface area contributed by atoms with Crippen molar-refractivity contribution >= 4 is 76.8 Å². The Kier molecular flexibility index (Phi) is 36.9. The summed E-state index contributed by atoms with van der Waals surface area (Å²) in [6, 6.07) is 42.4. The molecule has 0 fully saturated rings. The van der Waals surface area contributed by atoms with E-state index < -0.39 is 132 Å². The number of rotatable bonds is 40. The highest BCUT2D eigenvalue weighted by Crippen LogP contribution is 2.22. The van der Waals surface area contributed by atoms with Crippen LogP contribution in [-0.4, -0.2) is 164 Å². The Hall–Kier alpha value is -11.8. The summed E-state index contributed by atoms with van der Waals surface area (Å²) in [5.41, 5.74) is 2.60. The van der Waals surface area contributed by atoms with Crippen LogP contribution in [0.1, 0.15) is 139 Å². The number of hydrogen-bond acceptors (Lipinski definition) is 18. The molecule has 7 unspecified atom stereocenters. The molecule has 0 saturated carbocycles. The number of ketones is 1. The second kappa shape index (κ2) is 45.8. The summed E-state index contributed by atoms with van der Waals surface area (Å²) in [6.45, 7) is 11.8. The lowest BCUT2D eigenvalue weighted by molar-refractivity contribution is -0.159. The number of aliphatic hydroxyl groups excluding tert-OH is 1. The second-order valence-electron chi connectivity index (χ2n) is 27.7. The number of esters is 2. The summed E-state index contributed by atoms with van der Waals surface area (Å²) in [4.78, 5) is 169. The van der Waals surface area contributed by atoms with Gasteiger partial charge in [-0.05, 0) is 125 Å². The molecular weight excluding hydrogens is 1410 g/mol. The van der Waals surface area contributed by atoms with Crippen LogP contribution in [0.15, 0.2) is 170 Å².